The van der Waals surface area contributed by atoms with Gasteiger partial charge >= 0.3 is 5.97 Å². The van der Waals surface area contributed by atoms with Crippen molar-refractivity contribution in [3.8, 4) is 0 Å². The Balaban J connectivity index is 2.36. The molecule has 2 aromatic rings. The highest BCUT2D eigenvalue weighted by molar-refractivity contribution is 9.10. The molecule has 0 aliphatic heterocycles. The smallest absolute Gasteiger partial charge is 0.338 e. The Morgan fingerprint density at radius 3 is 2.48 bits per heavy atom. The molecule has 0 aliphatic rings. The zero-order valence-electron chi connectivity index (χ0n) is 11.8. The zero-order chi connectivity index (χ0) is 15.7. The first-order valence-electron chi connectivity index (χ1n) is 6.22. The van der Waals surface area contributed by atoms with Crippen molar-refractivity contribution < 1.29 is 14.7 Å². The number of anilines is 1. The number of carbonyl (C=O) groups is 2. The van der Waals surface area contributed by atoms with Crippen LogP contribution < -0.4 is 5.32 Å². The van der Waals surface area contributed by atoms with E-state index in [1.807, 2.05) is 26.0 Å². The molecule has 0 unspecified atom stereocenters. The van der Waals surface area contributed by atoms with Gasteiger partial charge in [-0.3, -0.25) is 4.79 Å². The fraction of sp³-hybridized carbons (Fsp3) is 0.200. The average molecular weight is 368 g/mol. The van der Waals surface area contributed by atoms with Crippen molar-refractivity contribution in [1.82, 2.24) is 0 Å². The number of hydrogen-bond donors (Lipinski definition) is 2. The number of carboxylic acids is 1. The Bertz CT molecular complexity index is 737. The summed E-state index contributed by atoms with van der Waals surface area (Å²) in [6.45, 7) is 5.51. The van der Waals surface area contributed by atoms with Crippen molar-refractivity contribution in [2.75, 3.05) is 5.32 Å². The highest BCUT2D eigenvalue weighted by atomic mass is 79.9. The monoisotopic (exact) mass is 367 g/mol. The van der Waals surface area contributed by atoms with Gasteiger partial charge in [-0.15, -0.1) is 11.3 Å². The van der Waals surface area contributed by atoms with E-state index in [4.69, 9.17) is 0 Å². The first kappa shape index (κ1) is 15.7. The van der Waals surface area contributed by atoms with E-state index in [-0.39, 0.29) is 11.5 Å². The Morgan fingerprint density at radius 1 is 1.24 bits per heavy atom. The summed E-state index contributed by atoms with van der Waals surface area (Å²) in [5, 5.41) is 12.3. The van der Waals surface area contributed by atoms with Crippen LogP contribution in [0.15, 0.2) is 22.7 Å². The van der Waals surface area contributed by atoms with Crippen molar-refractivity contribution >= 4 is 44.1 Å². The van der Waals surface area contributed by atoms with Gasteiger partial charge in [0.05, 0.1) is 11.1 Å². The van der Waals surface area contributed by atoms with Crippen molar-refractivity contribution in [2.24, 2.45) is 0 Å². The van der Waals surface area contributed by atoms with E-state index >= 15 is 0 Å². The number of halogens is 1. The topological polar surface area (TPSA) is 66.4 Å². The lowest BCUT2D eigenvalue weighted by Gasteiger charge is -2.07. The number of amides is 1. The fourth-order valence-electron chi connectivity index (χ4n) is 1.95. The van der Waals surface area contributed by atoms with Gasteiger partial charge in [0, 0.05) is 9.35 Å². The molecule has 0 bridgehead atoms. The SMILES string of the molecule is Cc1ccc(C(=O)Nc2sc(C)c(C)c2C(=O)O)c(Br)c1. The van der Waals surface area contributed by atoms with Crippen LogP contribution in [0.4, 0.5) is 5.00 Å². The highest BCUT2D eigenvalue weighted by Gasteiger charge is 2.21. The zero-order valence-corrected chi connectivity index (χ0v) is 14.2. The third-order valence-electron chi connectivity index (χ3n) is 3.20. The van der Waals surface area contributed by atoms with E-state index in [2.05, 4.69) is 21.2 Å². The third kappa shape index (κ3) is 3.16. The van der Waals surface area contributed by atoms with Gasteiger partial charge in [0.15, 0.2) is 0 Å². The minimum atomic E-state index is -1.03. The largest absolute Gasteiger partial charge is 0.478 e. The quantitative estimate of drug-likeness (QED) is 0.845. The number of carboxylic acid groups (broad SMARTS) is 1. The molecule has 0 saturated carbocycles. The second-order valence-electron chi connectivity index (χ2n) is 4.73. The minimum Gasteiger partial charge on any atom is -0.478 e. The number of carbonyl (C=O) groups excluding carboxylic acids is 1. The van der Waals surface area contributed by atoms with Gasteiger partial charge in [-0.25, -0.2) is 4.79 Å². The summed E-state index contributed by atoms with van der Waals surface area (Å²) in [7, 11) is 0. The van der Waals surface area contributed by atoms with Gasteiger partial charge in [0.2, 0.25) is 0 Å². The van der Waals surface area contributed by atoms with E-state index in [0.717, 1.165) is 10.4 Å². The molecule has 0 atom stereocenters. The van der Waals surface area contributed by atoms with Crippen LogP contribution in [-0.4, -0.2) is 17.0 Å². The Hall–Kier alpha value is -1.66. The number of hydrogen-bond acceptors (Lipinski definition) is 3. The second-order valence-corrected chi connectivity index (χ2v) is 6.81. The third-order valence-corrected chi connectivity index (χ3v) is 4.97. The van der Waals surface area contributed by atoms with Crippen LogP contribution in [0.2, 0.25) is 0 Å². The molecule has 2 rings (SSSR count). The number of benzene rings is 1. The minimum absolute atomic E-state index is 0.161. The van der Waals surface area contributed by atoms with Gasteiger partial charge < -0.3 is 10.4 Å². The highest BCUT2D eigenvalue weighted by Crippen LogP contribution is 2.33. The maximum atomic E-state index is 12.3. The molecular formula is C15H14BrNO3S. The van der Waals surface area contributed by atoms with Gasteiger partial charge in [-0.2, -0.15) is 0 Å². The number of aryl methyl sites for hydroxylation is 2. The molecule has 21 heavy (non-hydrogen) atoms. The Morgan fingerprint density at radius 2 is 1.90 bits per heavy atom. The molecule has 6 heteroatoms. The van der Waals surface area contributed by atoms with Crippen LogP contribution in [0.25, 0.3) is 0 Å². The summed E-state index contributed by atoms with van der Waals surface area (Å²) in [5.41, 5.74) is 2.35. The van der Waals surface area contributed by atoms with Crippen LogP contribution in [-0.2, 0) is 0 Å². The summed E-state index contributed by atoms with van der Waals surface area (Å²) in [5.74, 6) is -1.36. The molecule has 2 N–H and O–H groups in total. The summed E-state index contributed by atoms with van der Waals surface area (Å²) in [6, 6.07) is 5.39. The molecule has 0 saturated heterocycles. The maximum absolute atomic E-state index is 12.3. The van der Waals surface area contributed by atoms with Crippen molar-refractivity contribution in [3.05, 3.63) is 49.8 Å². The fourth-order valence-corrected chi connectivity index (χ4v) is 3.67. The first-order chi connectivity index (χ1) is 9.81. The molecule has 0 radical (unpaired) electrons. The lowest BCUT2D eigenvalue weighted by molar-refractivity contribution is 0.0697. The van der Waals surface area contributed by atoms with E-state index in [0.29, 0.717) is 20.6 Å². The molecule has 0 aliphatic carbocycles. The molecule has 0 spiro atoms. The van der Waals surface area contributed by atoms with Crippen LogP contribution >= 0.6 is 27.3 Å². The van der Waals surface area contributed by atoms with Crippen molar-refractivity contribution in [3.63, 3.8) is 0 Å². The van der Waals surface area contributed by atoms with Crippen LogP contribution in [0.5, 0.6) is 0 Å². The van der Waals surface area contributed by atoms with Gasteiger partial charge in [0.25, 0.3) is 5.91 Å². The summed E-state index contributed by atoms with van der Waals surface area (Å²) < 4.78 is 0.682. The lowest BCUT2D eigenvalue weighted by atomic mass is 10.1. The standard InChI is InChI=1S/C15H14BrNO3S/c1-7-4-5-10(11(16)6-7)13(18)17-14-12(15(19)20)8(2)9(3)21-14/h4-6H,1-3H3,(H,17,18)(H,19,20). The van der Waals surface area contributed by atoms with Crippen LogP contribution in [0, 0.1) is 20.8 Å². The summed E-state index contributed by atoms with van der Waals surface area (Å²) in [6.07, 6.45) is 0. The van der Waals surface area contributed by atoms with E-state index in [1.54, 1.807) is 13.0 Å². The van der Waals surface area contributed by atoms with Gasteiger partial charge in [-0.05, 0) is 60.0 Å². The normalized spacial score (nSPS) is 10.5. The van der Waals surface area contributed by atoms with E-state index in [1.165, 1.54) is 11.3 Å². The van der Waals surface area contributed by atoms with E-state index in [9.17, 15) is 14.7 Å². The first-order valence-corrected chi connectivity index (χ1v) is 7.83. The van der Waals surface area contributed by atoms with Crippen molar-refractivity contribution in [2.45, 2.75) is 20.8 Å². The Labute approximate surface area is 134 Å². The molecule has 1 aromatic heterocycles. The number of rotatable bonds is 3. The van der Waals surface area contributed by atoms with Gasteiger partial charge in [0.1, 0.15) is 5.00 Å². The number of thiophene rings is 1. The van der Waals surface area contributed by atoms with E-state index < -0.39 is 5.97 Å². The predicted octanol–water partition coefficient (Wildman–Crippen LogP) is 4.39. The molecule has 1 aromatic carbocycles. The van der Waals surface area contributed by atoms with Gasteiger partial charge in [-0.1, -0.05) is 6.07 Å². The van der Waals surface area contributed by atoms with Crippen molar-refractivity contribution in [1.29, 1.82) is 0 Å². The Kier molecular flexibility index (Phi) is 4.49. The maximum Gasteiger partial charge on any atom is 0.338 e. The molecule has 4 nitrogen and oxygen atoms in total. The summed E-state index contributed by atoms with van der Waals surface area (Å²) in [4.78, 5) is 24.5. The van der Waals surface area contributed by atoms with Crippen LogP contribution in [0.3, 0.4) is 0 Å². The molecule has 1 amide bonds. The molecule has 110 valence electrons. The molecule has 0 fully saturated rings. The number of nitrogens with one attached hydrogen (secondary N) is 1. The predicted molar refractivity (Wildman–Crippen MR) is 87.6 cm³/mol. The molecular weight excluding hydrogens is 354 g/mol. The number of aromatic carboxylic acids is 1. The second kappa shape index (κ2) is 5.99. The average Bonchev–Trinajstić information content (AvgIpc) is 2.64. The van der Waals surface area contributed by atoms with Crippen LogP contribution in [0.1, 0.15) is 36.7 Å². The molecule has 1 heterocycles. The summed E-state index contributed by atoms with van der Waals surface area (Å²) >= 11 is 4.63. The lowest BCUT2D eigenvalue weighted by Crippen LogP contribution is -2.14.